The Morgan fingerprint density at radius 3 is 3.15 bits per heavy atom. The molecule has 0 amide bonds. The highest BCUT2D eigenvalue weighted by Gasteiger charge is 2.17. The minimum absolute atomic E-state index is 1.13. The number of fused-ring (bicyclic) bond motifs is 3. The molecule has 13 heavy (non-hydrogen) atoms. The van der Waals surface area contributed by atoms with Crippen LogP contribution in [0.1, 0.15) is 10.4 Å². The fourth-order valence-electron chi connectivity index (χ4n) is 1.83. The van der Waals surface area contributed by atoms with Gasteiger partial charge in [0, 0.05) is 10.4 Å². The van der Waals surface area contributed by atoms with E-state index in [1.807, 2.05) is 0 Å². The molecule has 0 N–H and O–H groups in total. The topological polar surface area (TPSA) is 12.9 Å². The molecule has 1 nitrogen and oxygen atoms in total. The van der Waals surface area contributed by atoms with Crippen LogP contribution in [0.2, 0.25) is 0 Å². The Morgan fingerprint density at radius 2 is 2.15 bits per heavy atom. The highest BCUT2D eigenvalue weighted by molar-refractivity contribution is 7.09. The number of benzene rings is 1. The lowest BCUT2D eigenvalue weighted by Crippen LogP contribution is -2.00. The Morgan fingerprint density at radius 1 is 1.23 bits per heavy atom. The molecule has 2 aromatic rings. The molecule has 0 aliphatic heterocycles. The second kappa shape index (κ2) is 2.67. The van der Waals surface area contributed by atoms with Gasteiger partial charge < -0.3 is 0 Å². The SMILES string of the molecule is [c]1nc2c(s1)CCc1ccccc1-2. The minimum atomic E-state index is 1.13. The van der Waals surface area contributed by atoms with E-state index in [2.05, 4.69) is 34.8 Å². The first-order valence-electron chi connectivity index (χ1n) is 4.39. The molecule has 3 rings (SSSR count). The van der Waals surface area contributed by atoms with Gasteiger partial charge in [0.15, 0.2) is 5.51 Å². The van der Waals surface area contributed by atoms with Gasteiger partial charge in [-0.15, -0.1) is 11.3 Å². The molecule has 1 heterocycles. The minimum Gasteiger partial charge on any atom is -0.233 e. The van der Waals surface area contributed by atoms with E-state index in [4.69, 9.17) is 0 Å². The van der Waals surface area contributed by atoms with E-state index < -0.39 is 0 Å². The standard InChI is InChI=1S/C11H8NS/c1-2-4-9-8(3-1)5-6-10-11(9)12-7-13-10/h1-4H,5-6H2. The van der Waals surface area contributed by atoms with Crippen molar-refractivity contribution in [2.75, 3.05) is 0 Å². The predicted molar refractivity (Wildman–Crippen MR) is 53.8 cm³/mol. The second-order valence-electron chi connectivity index (χ2n) is 3.23. The summed E-state index contributed by atoms with van der Waals surface area (Å²) in [5, 5.41) is 0. The lowest BCUT2D eigenvalue weighted by Gasteiger charge is -2.13. The van der Waals surface area contributed by atoms with Gasteiger partial charge in [0.05, 0.1) is 5.69 Å². The Balaban J connectivity index is 2.30. The summed E-state index contributed by atoms with van der Waals surface area (Å²) in [4.78, 5) is 5.68. The lowest BCUT2D eigenvalue weighted by molar-refractivity contribution is 0.955. The van der Waals surface area contributed by atoms with Gasteiger partial charge >= 0.3 is 0 Å². The molecular formula is C11H8NS. The van der Waals surface area contributed by atoms with E-state index in [1.54, 1.807) is 11.3 Å². The first-order valence-corrected chi connectivity index (χ1v) is 5.21. The molecule has 0 unspecified atom stereocenters. The van der Waals surface area contributed by atoms with Crippen LogP contribution in [0.4, 0.5) is 0 Å². The van der Waals surface area contributed by atoms with Gasteiger partial charge in [-0.3, -0.25) is 0 Å². The smallest absolute Gasteiger partial charge is 0.153 e. The maximum absolute atomic E-state index is 4.29. The number of nitrogens with zero attached hydrogens (tertiary/aromatic N) is 1. The van der Waals surface area contributed by atoms with Crippen molar-refractivity contribution in [2.24, 2.45) is 0 Å². The van der Waals surface area contributed by atoms with Crippen molar-refractivity contribution in [1.82, 2.24) is 4.98 Å². The quantitative estimate of drug-likeness (QED) is 0.616. The van der Waals surface area contributed by atoms with Gasteiger partial charge in [0.25, 0.3) is 0 Å². The molecule has 1 aromatic carbocycles. The largest absolute Gasteiger partial charge is 0.233 e. The summed E-state index contributed by atoms with van der Waals surface area (Å²) < 4.78 is 0. The zero-order valence-corrected chi connectivity index (χ0v) is 7.90. The molecule has 1 aliphatic carbocycles. The third-order valence-electron chi connectivity index (χ3n) is 2.48. The van der Waals surface area contributed by atoms with E-state index in [0.717, 1.165) is 18.5 Å². The number of thiazole rings is 1. The summed E-state index contributed by atoms with van der Waals surface area (Å²) in [6, 6.07) is 8.52. The Kier molecular flexibility index (Phi) is 1.49. The summed E-state index contributed by atoms with van der Waals surface area (Å²) in [5.41, 5.74) is 6.86. The maximum atomic E-state index is 4.29. The number of hydrogen-bond acceptors (Lipinski definition) is 2. The van der Waals surface area contributed by atoms with Gasteiger partial charge in [-0.05, 0) is 18.4 Å². The van der Waals surface area contributed by atoms with E-state index in [-0.39, 0.29) is 0 Å². The average Bonchev–Trinajstić information content (AvgIpc) is 2.65. The Labute approximate surface area is 81.1 Å². The molecule has 0 saturated heterocycles. The van der Waals surface area contributed by atoms with Gasteiger partial charge in [0.1, 0.15) is 0 Å². The molecule has 0 atom stereocenters. The molecule has 0 saturated carbocycles. The molecule has 2 heteroatoms. The molecule has 1 radical (unpaired) electrons. The fraction of sp³-hybridized carbons (Fsp3) is 0.182. The highest BCUT2D eigenvalue weighted by atomic mass is 32.1. The molecular weight excluding hydrogens is 178 g/mol. The molecule has 1 aromatic heterocycles. The molecule has 1 aliphatic rings. The lowest BCUT2D eigenvalue weighted by atomic mass is 9.94. The van der Waals surface area contributed by atoms with Crippen LogP contribution in [0.3, 0.4) is 0 Å². The van der Waals surface area contributed by atoms with Crippen molar-refractivity contribution in [3.63, 3.8) is 0 Å². The van der Waals surface area contributed by atoms with Crippen LogP contribution >= 0.6 is 11.3 Å². The maximum Gasteiger partial charge on any atom is 0.153 e. The predicted octanol–water partition coefficient (Wildman–Crippen LogP) is 2.71. The van der Waals surface area contributed by atoms with E-state index in [1.165, 1.54) is 16.0 Å². The fourth-order valence-corrected chi connectivity index (χ4v) is 2.54. The molecule has 0 spiro atoms. The van der Waals surface area contributed by atoms with Crippen LogP contribution in [-0.4, -0.2) is 4.98 Å². The highest BCUT2D eigenvalue weighted by Crippen LogP contribution is 2.33. The number of hydrogen-bond donors (Lipinski definition) is 0. The van der Waals surface area contributed by atoms with Gasteiger partial charge in [0.2, 0.25) is 0 Å². The molecule has 0 bridgehead atoms. The van der Waals surface area contributed by atoms with Crippen LogP contribution in [0.25, 0.3) is 11.3 Å². The van der Waals surface area contributed by atoms with Crippen molar-refractivity contribution in [3.05, 3.63) is 40.2 Å². The van der Waals surface area contributed by atoms with Gasteiger partial charge in [-0.2, -0.15) is 0 Å². The van der Waals surface area contributed by atoms with Gasteiger partial charge in [-0.1, -0.05) is 24.3 Å². The van der Waals surface area contributed by atoms with Crippen LogP contribution in [0, 0.1) is 5.51 Å². The summed E-state index contributed by atoms with van der Waals surface area (Å²) in [6.07, 6.45) is 2.28. The zero-order valence-electron chi connectivity index (χ0n) is 7.08. The summed E-state index contributed by atoms with van der Waals surface area (Å²) in [6.45, 7) is 0. The van der Waals surface area contributed by atoms with Crippen molar-refractivity contribution < 1.29 is 0 Å². The number of rotatable bonds is 0. The zero-order chi connectivity index (χ0) is 8.67. The van der Waals surface area contributed by atoms with Gasteiger partial charge in [-0.25, -0.2) is 4.98 Å². The molecule has 63 valence electrons. The number of aromatic nitrogens is 1. The summed E-state index contributed by atoms with van der Waals surface area (Å²) in [5.74, 6) is 0. The van der Waals surface area contributed by atoms with Crippen molar-refractivity contribution in [3.8, 4) is 11.3 Å². The van der Waals surface area contributed by atoms with Crippen LogP contribution in [-0.2, 0) is 12.8 Å². The summed E-state index contributed by atoms with van der Waals surface area (Å²) in [7, 11) is 0. The third-order valence-corrected chi connectivity index (χ3v) is 3.31. The van der Waals surface area contributed by atoms with Crippen molar-refractivity contribution in [1.29, 1.82) is 0 Å². The Bertz CT molecular complexity index is 445. The average molecular weight is 186 g/mol. The van der Waals surface area contributed by atoms with Crippen molar-refractivity contribution >= 4 is 11.3 Å². The monoisotopic (exact) mass is 186 g/mol. The molecule has 0 fully saturated rings. The van der Waals surface area contributed by atoms with E-state index in [0.29, 0.717) is 0 Å². The first kappa shape index (κ1) is 7.27. The first-order chi connectivity index (χ1) is 6.45. The van der Waals surface area contributed by atoms with Crippen LogP contribution < -0.4 is 0 Å². The van der Waals surface area contributed by atoms with E-state index >= 15 is 0 Å². The van der Waals surface area contributed by atoms with Crippen molar-refractivity contribution in [2.45, 2.75) is 12.8 Å². The Hall–Kier alpha value is -1.15. The summed E-state index contributed by atoms with van der Waals surface area (Å²) >= 11 is 1.65. The third kappa shape index (κ3) is 1.02. The van der Waals surface area contributed by atoms with Crippen LogP contribution in [0.15, 0.2) is 24.3 Å². The van der Waals surface area contributed by atoms with E-state index in [9.17, 15) is 0 Å². The second-order valence-corrected chi connectivity index (χ2v) is 4.11. The van der Waals surface area contributed by atoms with Crippen LogP contribution in [0.5, 0.6) is 0 Å². The number of aryl methyl sites for hydroxylation is 2. The normalized spacial score (nSPS) is 13.5.